The number of hydrogen-bond acceptors (Lipinski definition) is 1. The fraction of sp³-hybridized carbons (Fsp3) is 0.167. The van der Waals surface area contributed by atoms with Gasteiger partial charge in [0, 0.05) is 10.4 Å². The minimum absolute atomic E-state index is 0.175. The lowest BCUT2D eigenvalue weighted by molar-refractivity contribution is -0.137. The van der Waals surface area contributed by atoms with E-state index in [1.54, 1.807) is 12.1 Å². The van der Waals surface area contributed by atoms with Gasteiger partial charge in [0.05, 0.1) is 14.7 Å². The van der Waals surface area contributed by atoms with Crippen LogP contribution < -0.4 is 0 Å². The van der Waals surface area contributed by atoms with Crippen LogP contribution in [-0.4, -0.2) is 0 Å². The van der Waals surface area contributed by atoms with Gasteiger partial charge >= 0.3 is 6.18 Å². The summed E-state index contributed by atoms with van der Waals surface area (Å²) in [5.74, 6) is -0.752. The number of rotatable bonds is 2. The van der Waals surface area contributed by atoms with Crippen LogP contribution in [0.5, 0.6) is 0 Å². The van der Waals surface area contributed by atoms with Crippen molar-refractivity contribution in [2.24, 2.45) is 0 Å². The highest BCUT2D eigenvalue weighted by atomic mass is 79.9. The van der Waals surface area contributed by atoms with Gasteiger partial charge in [-0.15, -0.1) is 22.9 Å². The monoisotopic (exact) mass is 372 g/mol. The van der Waals surface area contributed by atoms with Gasteiger partial charge in [0.15, 0.2) is 0 Å². The quantitative estimate of drug-likeness (QED) is 0.447. The Morgan fingerprint density at radius 1 is 1.16 bits per heavy atom. The maximum absolute atomic E-state index is 13.6. The molecule has 0 saturated heterocycles. The van der Waals surface area contributed by atoms with Crippen molar-refractivity contribution in [3.63, 3.8) is 0 Å². The Hall–Kier alpha value is -0.590. The Labute approximate surface area is 124 Å². The Kier molecular flexibility index (Phi) is 4.23. The number of halogens is 6. The Balaban J connectivity index is 2.44. The predicted octanol–water partition coefficient (Wildman–Crippen LogP) is 6.00. The van der Waals surface area contributed by atoms with Crippen LogP contribution in [-0.2, 0) is 6.18 Å². The SMILES string of the molecule is Fc1ccc(C(F)(F)F)cc1C(Cl)c1ccc(Br)s1. The Morgan fingerprint density at radius 3 is 2.37 bits per heavy atom. The first-order valence-corrected chi connectivity index (χ1v) is 7.09. The van der Waals surface area contributed by atoms with E-state index >= 15 is 0 Å². The first kappa shape index (κ1) is 14.8. The average molecular weight is 374 g/mol. The van der Waals surface area contributed by atoms with E-state index in [1.165, 1.54) is 11.3 Å². The Bertz CT molecular complexity index is 594. The lowest BCUT2D eigenvalue weighted by Gasteiger charge is -2.13. The summed E-state index contributed by atoms with van der Waals surface area (Å²) in [5.41, 5.74) is -1.09. The first-order chi connectivity index (χ1) is 8.79. The molecular weight excluding hydrogens is 368 g/mol. The van der Waals surface area contributed by atoms with Crippen LogP contribution in [0.3, 0.4) is 0 Å². The van der Waals surface area contributed by atoms with Crippen LogP contribution in [0.25, 0.3) is 0 Å². The summed E-state index contributed by atoms with van der Waals surface area (Å²) in [5, 5.41) is -0.946. The van der Waals surface area contributed by atoms with Gasteiger partial charge in [-0.2, -0.15) is 13.2 Å². The summed E-state index contributed by atoms with van der Waals surface area (Å²) >= 11 is 10.5. The molecule has 0 spiro atoms. The molecule has 7 heteroatoms. The molecule has 0 aliphatic carbocycles. The first-order valence-electron chi connectivity index (χ1n) is 5.05. The molecule has 0 saturated carbocycles. The van der Waals surface area contributed by atoms with Gasteiger partial charge in [-0.25, -0.2) is 4.39 Å². The van der Waals surface area contributed by atoms with Crippen LogP contribution in [0.1, 0.15) is 21.4 Å². The largest absolute Gasteiger partial charge is 0.416 e. The molecule has 0 fully saturated rings. The highest BCUT2D eigenvalue weighted by Crippen LogP contribution is 2.39. The second-order valence-corrected chi connectivity index (χ2v) is 6.67. The normalized spacial score (nSPS) is 13.6. The predicted molar refractivity (Wildman–Crippen MR) is 71.1 cm³/mol. The van der Waals surface area contributed by atoms with E-state index in [2.05, 4.69) is 15.9 Å². The average Bonchev–Trinajstić information content (AvgIpc) is 2.74. The maximum atomic E-state index is 13.6. The summed E-state index contributed by atoms with van der Waals surface area (Å²) in [6, 6.07) is 5.59. The van der Waals surface area contributed by atoms with Crippen molar-refractivity contribution >= 4 is 38.9 Å². The molecule has 19 heavy (non-hydrogen) atoms. The molecule has 0 radical (unpaired) electrons. The van der Waals surface area contributed by atoms with Gasteiger partial charge in [0.25, 0.3) is 0 Å². The van der Waals surface area contributed by atoms with E-state index in [-0.39, 0.29) is 5.56 Å². The molecular formula is C12H6BrClF4S. The number of hydrogen-bond donors (Lipinski definition) is 0. The third-order valence-electron chi connectivity index (χ3n) is 2.44. The topological polar surface area (TPSA) is 0 Å². The summed E-state index contributed by atoms with van der Waals surface area (Å²) in [6.45, 7) is 0. The second kappa shape index (κ2) is 5.42. The minimum Gasteiger partial charge on any atom is -0.207 e. The molecule has 2 aromatic rings. The molecule has 0 aliphatic heterocycles. The molecule has 1 unspecified atom stereocenters. The molecule has 0 amide bonds. The molecule has 0 aliphatic rings. The zero-order valence-corrected chi connectivity index (χ0v) is 12.3. The zero-order valence-electron chi connectivity index (χ0n) is 9.14. The van der Waals surface area contributed by atoms with Crippen LogP contribution >= 0.6 is 38.9 Å². The van der Waals surface area contributed by atoms with E-state index in [4.69, 9.17) is 11.6 Å². The van der Waals surface area contributed by atoms with Crippen molar-refractivity contribution in [2.45, 2.75) is 11.6 Å². The lowest BCUT2D eigenvalue weighted by atomic mass is 10.1. The molecule has 1 aromatic heterocycles. The summed E-state index contributed by atoms with van der Waals surface area (Å²) in [4.78, 5) is 0.576. The van der Waals surface area contributed by atoms with Crippen molar-refractivity contribution in [1.29, 1.82) is 0 Å². The highest BCUT2D eigenvalue weighted by Gasteiger charge is 2.32. The molecule has 1 heterocycles. The highest BCUT2D eigenvalue weighted by molar-refractivity contribution is 9.11. The van der Waals surface area contributed by atoms with E-state index < -0.39 is 22.9 Å². The summed E-state index contributed by atoms with van der Waals surface area (Å²) < 4.78 is 52.2. The minimum atomic E-state index is -4.52. The van der Waals surface area contributed by atoms with Crippen molar-refractivity contribution in [2.75, 3.05) is 0 Å². The summed E-state index contributed by atoms with van der Waals surface area (Å²) in [7, 11) is 0. The fourth-order valence-electron chi connectivity index (χ4n) is 1.53. The van der Waals surface area contributed by atoms with E-state index in [1.807, 2.05) is 0 Å². The third-order valence-corrected chi connectivity index (χ3v) is 4.73. The molecule has 2 rings (SSSR count). The number of benzene rings is 1. The molecule has 1 aromatic carbocycles. The van der Waals surface area contributed by atoms with E-state index in [0.29, 0.717) is 10.9 Å². The van der Waals surface area contributed by atoms with Gasteiger partial charge in [0.2, 0.25) is 0 Å². The fourth-order valence-corrected chi connectivity index (χ4v) is 3.33. The lowest BCUT2D eigenvalue weighted by Crippen LogP contribution is -2.07. The molecule has 0 bridgehead atoms. The standard InChI is InChI=1S/C12H6BrClF4S/c13-10-4-3-9(19-10)11(14)7-5-6(12(16,17)18)1-2-8(7)15/h1-5,11H. The molecule has 0 nitrogen and oxygen atoms in total. The van der Waals surface area contributed by atoms with Gasteiger partial charge < -0.3 is 0 Å². The van der Waals surface area contributed by atoms with Crippen LogP contribution in [0, 0.1) is 5.82 Å². The molecule has 0 N–H and O–H groups in total. The maximum Gasteiger partial charge on any atom is 0.416 e. The molecule has 102 valence electrons. The van der Waals surface area contributed by atoms with Crippen LogP contribution in [0.2, 0.25) is 0 Å². The van der Waals surface area contributed by atoms with Crippen LogP contribution in [0.4, 0.5) is 17.6 Å². The number of alkyl halides is 4. The van der Waals surface area contributed by atoms with Crippen molar-refractivity contribution in [3.05, 3.63) is 55.9 Å². The van der Waals surface area contributed by atoms with E-state index in [0.717, 1.165) is 15.9 Å². The van der Waals surface area contributed by atoms with Gasteiger partial charge in [-0.1, -0.05) is 0 Å². The third kappa shape index (κ3) is 3.30. The van der Waals surface area contributed by atoms with Gasteiger partial charge in [-0.3, -0.25) is 0 Å². The molecule has 1 atom stereocenters. The van der Waals surface area contributed by atoms with Crippen molar-refractivity contribution in [3.8, 4) is 0 Å². The Morgan fingerprint density at radius 2 is 1.84 bits per heavy atom. The smallest absolute Gasteiger partial charge is 0.207 e. The van der Waals surface area contributed by atoms with Crippen molar-refractivity contribution < 1.29 is 17.6 Å². The van der Waals surface area contributed by atoms with Crippen molar-refractivity contribution in [1.82, 2.24) is 0 Å². The zero-order chi connectivity index (χ0) is 14.2. The van der Waals surface area contributed by atoms with Crippen LogP contribution in [0.15, 0.2) is 34.1 Å². The number of thiophene rings is 1. The van der Waals surface area contributed by atoms with Gasteiger partial charge in [-0.05, 0) is 46.3 Å². The summed E-state index contributed by atoms with van der Waals surface area (Å²) in [6.07, 6.45) is -4.52. The second-order valence-electron chi connectivity index (χ2n) is 3.74. The van der Waals surface area contributed by atoms with Gasteiger partial charge in [0.1, 0.15) is 5.82 Å². The van der Waals surface area contributed by atoms with E-state index in [9.17, 15) is 17.6 Å².